The first-order valence-electron chi connectivity index (χ1n) is 11.1. The molecule has 0 aliphatic carbocycles. The standard InChI is InChI=1S/C25H31ClN2O4/c1-5-31-21-13-18-11-12-28(15-19(18)14-22(21)32-6-2)25(30)23(16(3)4)27-24(29)17-7-9-20(26)10-8-17/h7-10,13-14,16,23H,5-6,11-12,15H2,1-4H3,(H,27,29)/t23-/m0/s1. The second-order valence-corrected chi connectivity index (χ2v) is 8.58. The second-order valence-electron chi connectivity index (χ2n) is 8.15. The monoisotopic (exact) mass is 458 g/mol. The predicted molar refractivity (Wildman–Crippen MR) is 125 cm³/mol. The summed E-state index contributed by atoms with van der Waals surface area (Å²) in [6.45, 7) is 9.91. The first-order chi connectivity index (χ1) is 15.3. The minimum atomic E-state index is -0.617. The molecular weight excluding hydrogens is 428 g/mol. The van der Waals surface area contributed by atoms with Crippen LogP contribution in [0.4, 0.5) is 0 Å². The van der Waals surface area contributed by atoms with Crippen LogP contribution in [0.25, 0.3) is 0 Å². The summed E-state index contributed by atoms with van der Waals surface area (Å²) in [5, 5.41) is 3.47. The smallest absolute Gasteiger partial charge is 0.251 e. The molecule has 1 heterocycles. The van der Waals surface area contributed by atoms with E-state index in [1.807, 2.05) is 44.7 Å². The first-order valence-corrected chi connectivity index (χ1v) is 11.5. The van der Waals surface area contributed by atoms with Gasteiger partial charge in [0.1, 0.15) is 6.04 Å². The minimum Gasteiger partial charge on any atom is -0.490 e. The number of hydrogen-bond acceptors (Lipinski definition) is 4. The molecule has 2 aromatic rings. The summed E-state index contributed by atoms with van der Waals surface area (Å²) in [5.41, 5.74) is 2.68. The van der Waals surface area contributed by atoms with E-state index in [2.05, 4.69) is 5.32 Å². The van der Waals surface area contributed by atoms with E-state index in [0.29, 0.717) is 42.6 Å². The third kappa shape index (κ3) is 5.54. The van der Waals surface area contributed by atoms with Gasteiger partial charge in [0, 0.05) is 23.7 Å². The molecule has 32 heavy (non-hydrogen) atoms. The van der Waals surface area contributed by atoms with Gasteiger partial charge in [0.25, 0.3) is 5.91 Å². The SMILES string of the molecule is CCOc1cc2c(cc1OCC)CN(C(=O)[C@@H](NC(=O)c1ccc(Cl)cc1)C(C)C)CC2. The Kier molecular flexibility index (Phi) is 8.02. The van der Waals surface area contributed by atoms with Gasteiger partial charge in [-0.25, -0.2) is 0 Å². The summed E-state index contributed by atoms with van der Waals surface area (Å²) in [6, 6.07) is 10.0. The molecule has 0 unspecified atom stereocenters. The van der Waals surface area contributed by atoms with Gasteiger partial charge in [-0.15, -0.1) is 0 Å². The molecule has 6 nitrogen and oxygen atoms in total. The molecule has 1 aliphatic rings. The number of hydrogen-bond donors (Lipinski definition) is 1. The first kappa shape index (κ1) is 23.9. The van der Waals surface area contributed by atoms with Crippen LogP contribution in [0.2, 0.25) is 5.02 Å². The van der Waals surface area contributed by atoms with Crippen LogP contribution >= 0.6 is 11.6 Å². The van der Waals surface area contributed by atoms with E-state index < -0.39 is 6.04 Å². The Hall–Kier alpha value is -2.73. The van der Waals surface area contributed by atoms with Crippen molar-refractivity contribution in [2.45, 2.75) is 46.7 Å². The number of fused-ring (bicyclic) bond motifs is 1. The van der Waals surface area contributed by atoms with Gasteiger partial charge in [-0.3, -0.25) is 9.59 Å². The van der Waals surface area contributed by atoms with Gasteiger partial charge >= 0.3 is 0 Å². The van der Waals surface area contributed by atoms with Crippen molar-refractivity contribution in [3.8, 4) is 11.5 Å². The second kappa shape index (κ2) is 10.7. The van der Waals surface area contributed by atoms with E-state index in [-0.39, 0.29) is 17.7 Å². The van der Waals surface area contributed by atoms with Crippen LogP contribution in [0, 0.1) is 5.92 Å². The van der Waals surface area contributed by atoms with Crippen molar-refractivity contribution in [3.05, 3.63) is 58.1 Å². The maximum atomic E-state index is 13.4. The molecule has 1 atom stereocenters. The Bertz CT molecular complexity index is 959. The fourth-order valence-corrected chi connectivity index (χ4v) is 3.95. The molecular formula is C25H31ClN2O4. The van der Waals surface area contributed by atoms with Crippen LogP contribution in [0.15, 0.2) is 36.4 Å². The molecule has 0 radical (unpaired) electrons. The van der Waals surface area contributed by atoms with Crippen molar-refractivity contribution in [1.29, 1.82) is 0 Å². The Morgan fingerprint density at radius 1 is 1.03 bits per heavy atom. The van der Waals surface area contributed by atoms with Crippen molar-refractivity contribution in [2.24, 2.45) is 5.92 Å². The highest BCUT2D eigenvalue weighted by molar-refractivity contribution is 6.30. The van der Waals surface area contributed by atoms with Crippen LogP contribution in [0.3, 0.4) is 0 Å². The molecule has 7 heteroatoms. The van der Waals surface area contributed by atoms with Gasteiger partial charge in [-0.2, -0.15) is 0 Å². The highest BCUT2D eigenvalue weighted by Crippen LogP contribution is 2.34. The fourth-order valence-electron chi connectivity index (χ4n) is 3.82. The Morgan fingerprint density at radius 2 is 1.62 bits per heavy atom. The summed E-state index contributed by atoms with van der Waals surface area (Å²) in [5.74, 6) is 1.01. The summed E-state index contributed by atoms with van der Waals surface area (Å²) >= 11 is 5.91. The van der Waals surface area contributed by atoms with Gasteiger partial charge in [0.05, 0.1) is 13.2 Å². The third-order valence-corrected chi connectivity index (χ3v) is 5.77. The van der Waals surface area contributed by atoms with E-state index in [1.165, 1.54) is 0 Å². The average Bonchev–Trinajstić information content (AvgIpc) is 2.77. The largest absolute Gasteiger partial charge is 0.490 e. The maximum absolute atomic E-state index is 13.4. The highest BCUT2D eigenvalue weighted by Gasteiger charge is 2.31. The number of nitrogens with zero attached hydrogens (tertiary/aromatic N) is 1. The summed E-state index contributed by atoms with van der Waals surface area (Å²) < 4.78 is 11.5. The third-order valence-electron chi connectivity index (χ3n) is 5.52. The van der Waals surface area contributed by atoms with Crippen molar-refractivity contribution in [1.82, 2.24) is 10.2 Å². The fraction of sp³-hybridized carbons (Fsp3) is 0.440. The van der Waals surface area contributed by atoms with Crippen molar-refractivity contribution < 1.29 is 19.1 Å². The lowest BCUT2D eigenvalue weighted by Crippen LogP contribution is -2.52. The predicted octanol–water partition coefficient (Wildman–Crippen LogP) is 4.48. The average molecular weight is 459 g/mol. The number of amides is 2. The van der Waals surface area contributed by atoms with Crippen LogP contribution in [0.5, 0.6) is 11.5 Å². The van der Waals surface area contributed by atoms with Gasteiger partial charge in [0.2, 0.25) is 5.91 Å². The van der Waals surface area contributed by atoms with Gasteiger partial charge in [-0.1, -0.05) is 25.4 Å². The molecule has 3 rings (SSSR count). The Balaban J connectivity index is 1.77. The number of ether oxygens (including phenoxy) is 2. The van der Waals surface area contributed by atoms with Crippen molar-refractivity contribution in [2.75, 3.05) is 19.8 Å². The van der Waals surface area contributed by atoms with Crippen LogP contribution in [-0.4, -0.2) is 42.5 Å². The van der Waals surface area contributed by atoms with E-state index in [1.54, 1.807) is 24.3 Å². The highest BCUT2D eigenvalue weighted by atomic mass is 35.5. The topological polar surface area (TPSA) is 67.9 Å². The lowest BCUT2D eigenvalue weighted by Gasteiger charge is -2.34. The summed E-state index contributed by atoms with van der Waals surface area (Å²) in [7, 11) is 0. The van der Waals surface area contributed by atoms with Crippen LogP contribution in [-0.2, 0) is 17.8 Å². The van der Waals surface area contributed by atoms with Crippen LogP contribution in [0.1, 0.15) is 49.2 Å². The quantitative estimate of drug-likeness (QED) is 0.633. The molecule has 0 bridgehead atoms. The molecule has 0 saturated heterocycles. The molecule has 0 aromatic heterocycles. The van der Waals surface area contributed by atoms with Gasteiger partial charge < -0.3 is 19.7 Å². The van der Waals surface area contributed by atoms with Crippen LogP contribution < -0.4 is 14.8 Å². The van der Waals surface area contributed by atoms with E-state index >= 15 is 0 Å². The molecule has 2 amide bonds. The number of halogens is 1. The van der Waals surface area contributed by atoms with E-state index in [4.69, 9.17) is 21.1 Å². The van der Waals surface area contributed by atoms with E-state index in [0.717, 1.165) is 23.3 Å². The molecule has 172 valence electrons. The lowest BCUT2D eigenvalue weighted by atomic mass is 9.96. The lowest BCUT2D eigenvalue weighted by molar-refractivity contribution is -0.135. The summed E-state index contributed by atoms with van der Waals surface area (Å²) in [6.07, 6.45) is 0.726. The maximum Gasteiger partial charge on any atom is 0.251 e. The summed E-state index contributed by atoms with van der Waals surface area (Å²) in [4.78, 5) is 27.9. The number of rotatable bonds is 8. The number of benzene rings is 2. The molecule has 0 fully saturated rings. The molecule has 2 aromatic carbocycles. The van der Waals surface area contributed by atoms with E-state index in [9.17, 15) is 9.59 Å². The molecule has 0 saturated carbocycles. The molecule has 1 N–H and O–H groups in total. The number of nitrogens with one attached hydrogen (secondary N) is 1. The van der Waals surface area contributed by atoms with Crippen molar-refractivity contribution >= 4 is 23.4 Å². The van der Waals surface area contributed by atoms with Gasteiger partial charge in [-0.05, 0) is 73.7 Å². The molecule has 1 aliphatic heterocycles. The zero-order valence-electron chi connectivity index (χ0n) is 19.1. The number of carbonyl (C=O) groups is 2. The Morgan fingerprint density at radius 3 is 2.19 bits per heavy atom. The normalized spacial score (nSPS) is 14.0. The minimum absolute atomic E-state index is 0.0561. The number of carbonyl (C=O) groups excluding carboxylic acids is 2. The Labute approximate surface area is 194 Å². The molecule has 0 spiro atoms. The zero-order valence-corrected chi connectivity index (χ0v) is 19.9. The zero-order chi connectivity index (χ0) is 23.3. The van der Waals surface area contributed by atoms with Gasteiger partial charge in [0.15, 0.2) is 11.5 Å². The van der Waals surface area contributed by atoms with Crippen molar-refractivity contribution in [3.63, 3.8) is 0 Å².